The van der Waals surface area contributed by atoms with Crippen molar-refractivity contribution in [2.45, 2.75) is 18.7 Å². The lowest BCUT2D eigenvalue weighted by Crippen LogP contribution is -2.19. The van der Waals surface area contributed by atoms with Gasteiger partial charge in [0, 0.05) is 0 Å². The molecule has 0 amide bonds. The van der Waals surface area contributed by atoms with Gasteiger partial charge in [-0.05, 0) is 18.1 Å². The molecule has 0 aliphatic heterocycles. The maximum absolute atomic E-state index is 12.1. The van der Waals surface area contributed by atoms with E-state index in [0.29, 0.717) is 5.01 Å². The molecule has 2 aromatic rings. The van der Waals surface area contributed by atoms with Crippen LogP contribution in [0.3, 0.4) is 0 Å². The van der Waals surface area contributed by atoms with E-state index in [9.17, 15) is 4.79 Å². The van der Waals surface area contributed by atoms with E-state index in [-0.39, 0.29) is 16.5 Å². The number of hydrogen-bond acceptors (Lipinski definition) is 3. The van der Waals surface area contributed by atoms with Crippen molar-refractivity contribution in [1.29, 1.82) is 0 Å². The second kappa shape index (κ2) is 4.63. The first-order valence-electron chi connectivity index (χ1n) is 5.13. The van der Waals surface area contributed by atoms with Crippen LogP contribution in [0.15, 0.2) is 24.3 Å². The Hall–Kier alpha value is -0.740. The Bertz CT molecular complexity index is 487. The monoisotopic (exact) mass is 297 g/mol. The van der Waals surface area contributed by atoms with Gasteiger partial charge in [-0.2, -0.15) is 0 Å². The van der Waals surface area contributed by atoms with E-state index in [2.05, 4.69) is 20.9 Å². The summed E-state index contributed by atoms with van der Waals surface area (Å²) in [4.78, 5) is 16.3. The number of halogens is 1. The van der Waals surface area contributed by atoms with Crippen molar-refractivity contribution in [3.8, 4) is 0 Å². The van der Waals surface area contributed by atoms with Crippen molar-refractivity contribution < 1.29 is 4.79 Å². The van der Waals surface area contributed by atoms with Gasteiger partial charge in [-0.15, -0.1) is 11.3 Å². The smallest absolute Gasteiger partial charge is 0.205 e. The summed E-state index contributed by atoms with van der Waals surface area (Å²) < 4.78 is 1.06. The number of thiazole rings is 1. The van der Waals surface area contributed by atoms with Crippen molar-refractivity contribution in [1.82, 2.24) is 4.98 Å². The van der Waals surface area contributed by atoms with E-state index in [0.717, 1.165) is 10.2 Å². The van der Waals surface area contributed by atoms with Crippen LogP contribution in [-0.4, -0.2) is 15.6 Å². The number of carbonyl (C=O) groups excluding carboxylic acids is 1. The highest BCUT2D eigenvalue weighted by atomic mass is 79.9. The molecule has 0 N–H and O–H groups in total. The Balaban J connectivity index is 2.37. The van der Waals surface area contributed by atoms with Crippen LogP contribution in [0.5, 0.6) is 0 Å². The number of hydrogen-bond donors (Lipinski definition) is 0. The number of Topliss-reactive ketones (excluding diaryl/α,β-unsaturated/α-hetero) is 1. The first kappa shape index (κ1) is 11.7. The number of para-hydroxylation sites is 1. The molecule has 1 aromatic heterocycles. The summed E-state index contributed by atoms with van der Waals surface area (Å²) >= 11 is 4.88. The quantitative estimate of drug-likeness (QED) is 0.635. The standard InChI is InChI=1S/C12H12BrNOS/c1-7(2)10(13)11(15)12-14-8-5-3-4-6-9(8)16-12/h3-7,10H,1-2H3. The summed E-state index contributed by atoms with van der Waals surface area (Å²) in [6.07, 6.45) is 0. The first-order chi connectivity index (χ1) is 7.59. The van der Waals surface area contributed by atoms with Crippen LogP contribution in [0.25, 0.3) is 10.2 Å². The molecular formula is C12H12BrNOS. The molecule has 1 unspecified atom stereocenters. The molecule has 0 saturated heterocycles. The second-order valence-corrected chi connectivity index (χ2v) is 6.01. The lowest BCUT2D eigenvalue weighted by atomic mass is 10.1. The topological polar surface area (TPSA) is 30.0 Å². The number of benzene rings is 1. The van der Waals surface area contributed by atoms with Crippen LogP contribution in [0.1, 0.15) is 23.6 Å². The van der Waals surface area contributed by atoms with Crippen LogP contribution in [0, 0.1) is 5.92 Å². The Morgan fingerprint density at radius 2 is 2.06 bits per heavy atom. The minimum absolute atomic E-state index is 0.0798. The fraction of sp³-hybridized carbons (Fsp3) is 0.333. The summed E-state index contributed by atoms with van der Waals surface area (Å²) in [5.41, 5.74) is 0.902. The van der Waals surface area contributed by atoms with Gasteiger partial charge in [-0.1, -0.05) is 41.9 Å². The zero-order valence-corrected chi connectivity index (χ0v) is 11.5. The van der Waals surface area contributed by atoms with Crippen LogP contribution in [0.4, 0.5) is 0 Å². The fourth-order valence-corrected chi connectivity index (χ4v) is 2.71. The molecular weight excluding hydrogens is 286 g/mol. The van der Waals surface area contributed by atoms with Gasteiger partial charge in [0.2, 0.25) is 5.78 Å². The molecule has 0 aliphatic carbocycles. The molecule has 0 saturated carbocycles. The zero-order valence-electron chi connectivity index (χ0n) is 9.11. The van der Waals surface area contributed by atoms with E-state index in [4.69, 9.17) is 0 Å². The van der Waals surface area contributed by atoms with E-state index in [1.165, 1.54) is 11.3 Å². The highest BCUT2D eigenvalue weighted by molar-refractivity contribution is 9.10. The number of ketones is 1. The minimum atomic E-state index is -0.145. The van der Waals surface area contributed by atoms with Crippen LogP contribution in [0.2, 0.25) is 0 Å². The van der Waals surface area contributed by atoms with E-state index < -0.39 is 0 Å². The summed E-state index contributed by atoms with van der Waals surface area (Å²) in [6, 6.07) is 7.82. The predicted octanol–water partition coefficient (Wildman–Crippen LogP) is 3.90. The van der Waals surface area contributed by atoms with E-state index in [1.54, 1.807) is 0 Å². The van der Waals surface area contributed by atoms with Crippen LogP contribution < -0.4 is 0 Å². The van der Waals surface area contributed by atoms with E-state index in [1.807, 2.05) is 38.1 Å². The van der Waals surface area contributed by atoms with Gasteiger partial charge in [-0.3, -0.25) is 4.79 Å². The van der Waals surface area contributed by atoms with Crippen molar-refractivity contribution >= 4 is 43.3 Å². The number of rotatable bonds is 3. The molecule has 1 atom stereocenters. The molecule has 0 spiro atoms. The maximum Gasteiger partial charge on any atom is 0.205 e. The molecule has 0 bridgehead atoms. The van der Waals surface area contributed by atoms with Crippen molar-refractivity contribution in [3.05, 3.63) is 29.3 Å². The van der Waals surface area contributed by atoms with Crippen molar-refractivity contribution in [2.24, 2.45) is 5.92 Å². The predicted molar refractivity (Wildman–Crippen MR) is 71.5 cm³/mol. The third-order valence-electron chi connectivity index (χ3n) is 2.34. The van der Waals surface area contributed by atoms with Crippen LogP contribution in [-0.2, 0) is 0 Å². The van der Waals surface area contributed by atoms with Gasteiger partial charge in [0.15, 0.2) is 5.01 Å². The van der Waals surface area contributed by atoms with E-state index >= 15 is 0 Å². The van der Waals surface area contributed by atoms with Gasteiger partial charge in [0.05, 0.1) is 15.0 Å². The first-order valence-corrected chi connectivity index (χ1v) is 6.86. The molecule has 0 radical (unpaired) electrons. The number of fused-ring (bicyclic) bond motifs is 1. The Morgan fingerprint density at radius 3 is 2.69 bits per heavy atom. The molecule has 1 heterocycles. The summed E-state index contributed by atoms with van der Waals surface area (Å²) in [5, 5.41) is 0.594. The highest BCUT2D eigenvalue weighted by Gasteiger charge is 2.23. The second-order valence-electron chi connectivity index (χ2n) is 4.00. The molecule has 1 aromatic carbocycles. The van der Waals surface area contributed by atoms with Gasteiger partial charge >= 0.3 is 0 Å². The molecule has 16 heavy (non-hydrogen) atoms. The zero-order chi connectivity index (χ0) is 11.7. The summed E-state index contributed by atoms with van der Waals surface area (Å²) in [7, 11) is 0. The van der Waals surface area contributed by atoms with Gasteiger partial charge < -0.3 is 0 Å². The SMILES string of the molecule is CC(C)C(Br)C(=O)c1nc2ccccc2s1. The van der Waals surface area contributed by atoms with Gasteiger partial charge in [-0.25, -0.2) is 4.98 Å². The minimum Gasteiger partial charge on any atom is -0.290 e. The molecule has 2 nitrogen and oxygen atoms in total. The number of nitrogens with zero attached hydrogens (tertiary/aromatic N) is 1. The van der Waals surface area contributed by atoms with Gasteiger partial charge in [0.25, 0.3) is 0 Å². The lowest BCUT2D eigenvalue weighted by Gasteiger charge is -2.09. The molecule has 0 aliphatic rings. The van der Waals surface area contributed by atoms with Crippen LogP contribution >= 0.6 is 27.3 Å². The average Bonchev–Trinajstić information content (AvgIpc) is 2.70. The molecule has 2 rings (SSSR count). The molecule has 0 fully saturated rings. The molecule has 84 valence electrons. The molecule has 4 heteroatoms. The van der Waals surface area contributed by atoms with Crippen molar-refractivity contribution in [3.63, 3.8) is 0 Å². The number of carbonyl (C=O) groups is 1. The fourth-order valence-electron chi connectivity index (χ4n) is 1.40. The Labute approximate surface area is 107 Å². The number of alkyl halides is 1. The maximum atomic E-state index is 12.1. The lowest BCUT2D eigenvalue weighted by molar-refractivity contribution is 0.0978. The summed E-state index contributed by atoms with van der Waals surface area (Å²) in [5.74, 6) is 0.357. The Kier molecular flexibility index (Phi) is 3.40. The third-order valence-corrected chi connectivity index (χ3v) is 4.86. The largest absolute Gasteiger partial charge is 0.290 e. The normalized spacial score (nSPS) is 13.2. The Morgan fingerprint density at radius 1 is 1.38 bits per heavy atom. The highest BCUT2D eigenvalue weighted by Crippen LogP contribution is 2.25. The summed E-state index contributed by atoms with van der Waals surface area (Å²) in [6.45, 7) is 4.04. The van der Waals surface area contributed by atoms with Crippen molar-refractivity contribution in [2.75, 3.05) is 0 Å². The van der Waals surface area contributed by atoms with Gasteiger partial charge in [0.1, 0.15) is 0 Å². The average molecular weight is 298 g/mol. The third kappa shape index (κ3) is 2.18. The number of aromatic nitrogens is 1.